The van der Waals surface area contributed by atoms with Crippen LogP contribution in [0.3, 0.4) is 0 Å². The minimum absolute atomic E-state index is 0.368. The normalized spacial score (nSPS) is 9.85. The lowest BCUT2D eigenvalue weighted by molar-refractivity contribution is 0.111. The Labute approximate surface area is 74.1 Å². The maximum atomic E-state index is 10.3. The third-order valence-corrected chi connectivity index (χ3v) is 1.49. The Kier molecular flexibility index (Phi) is 1.84. The molecule has 0 spiro atoms. The van der Waals surface area contributed by atoms with Crippen molar-refractivity contribution in [2.75, 3.05) is 0 Å². The summed E-state index contributed by atoms with van der Waals surface area (Å²) in [6.45, 7) is 0. The van der Waals surface area contributed by atoms with Crippen LogP contribution >= 0.6 is 0 Å². The van der Waals surface area contributed by atoms with Crippen molar-refractivity contribution in [3.63, 3.8) is 0 Å². The molecule has 0 amide bonds. The van der Waals surface area contributed by atoms with E-state index in [1.807, 2.05) is 0 Å². The summed E-state index contributed by atoms with van der Waals surface area (Å²) in [5.74, 6) is 0.454. The average Bonchev–Trinajstić information content (AvgIpc) is 2.67. The van der Waals surface area contributed by atoms with Crippen LogP contribution in [-0.4, -0.2) is 26.0 Å². The topological polar surface area (TPSA) is 60.7 Å². The van der Waals surface area contributed by atoms with Crippen molar-refractivity contribution in [2.24, 2.45) is 0 Å². The zero-order chi connectivity index (χ0) is 9.10. The molecule has 2 aromatic rings. The first-order valence-electron chi connectivity index (χ1n) is 3.68. The van der Waals surface area contributed by atoms with Crippen LogP contribution in [0.5, 0.6) is 0 Å². The smallest absolute Gasteiger partial charge is 0.250 e. The number of hydrogen-bond donors (Lipinski definition) is 0. The van der Waals surface area contributed by atoms with Crippen LogP contribution < -0.4 is 0 Å². The minimum atomic E-state index is 0.368. The number of rotatable bonds is 2. The molecule has 5 nitrogen and oxygen atoms in total. The van der Waals surface area contributed by atoms with E-state index in [1.165, 1.54) is 4.68 Å². The van der Waals surface area contributed by atoms with Gasteiger partial charge in [0.2, 0.25) is 5.95 Å². The molecule has 2 aromatic heterocycles. The van der Waals surface area contributed by atoms with E-state index in [2.05, 4.69) is 15.1 Å². The molecule has 0 atom stereocenters. The van der Waals surface area contributed by atoms with E-state index in [1.54, 1.807) is 30.7 Å². The molecule has 0 aromatic carbocycles. The van der Waals surface area contributed by atoms with Crippen LogP contribution in [0.25, 0.3) is 5.95 Å². The molecule has 0 aliphatic rings. The van der Waals surface area contributed by atoms with Crippen molar-refractivity contribution in [1.29, 1.82) is 0 Å². The number of carbonyl (C=O) groups is 1. The molecule has 0 bridgehead atoms. The van der Waals surface area contributed by atoms with Crippen molar-refractivity contribution in [3.8, 4) is 5.95 Å². The van der Waals surface area contributed by atoms with Gasteiger partial charge in [-0.25, -0.2) is 14.6 Å². The molecule has 0 aliphatic carbocycles. The second-order valence-electron chi connectivity index (χ2n) is 2.35. The standard InChI is InChI=1S/C8H6N4O/c13-6-7-2-5-12(11-7)8-9-3-1-4-10-8/h1-6H. The highest BCUT2D eigenvalue weighted by atomic mass is 16.1. The van der Waals surface area contributed by atoms with Crippen LogP contribution in [0.15, 0.2) is 30.7 Å². The van der Waals surface area contributed by atoms with Crippen LogP contribution in [0.2, 0.25) is 0 Å². The maximum absolute atomic E-state index is 10.3. The summed E-state index contributed by atoms with van der Waals surface area (Å²) in [6, 6.07) is 3.32. The fourth-order valence-electron chi connectivity index (χ4n) is 0.922. The summed E-state index contributed by atoms with van der Waals surface area (Å²) >= 11 is 0. The largest absolute Gasteiger partial charge is 0.296 e. The predicted molar refractivity (Wildman–Crippen MR) is 44.5 cm³/mol. The van der Waals surface area contributed by atoms with Gasteiger partial charge in [-0.15, -0.1) is 0 Å². The van der Waals surface area contributed by atoms with Crippen LogP contribution in [-0.2, 0) is 0 Å². The molecule has 0 saturated heterocycles. The molecule has 5 heteroatoms. The van der Waals surface area contributed by atoms with Gasteiger partial charge in [-0.2, -0.15) is 5.10 Å². The van der Waals surface area contributed by atoms with E-state index >= 15 is 0 Å². The fourth-order valence-corrected chi connectivity index (χ4v) is 0.922. The van der Waals surface area contributed by atoms with Gasteiger partial charge < -0.3 is 0 Å². The molecule has 0 N–H and O–H groups in total. The van der Waals surface area contributed by atoms with Crippen molar-refractivity contribution >= 4 is 6.29 Å². The van der Waals surface area contributed by atoms with Crippen molar-refractivity contribution in [1.82, 2.24) is 19.7 Å². The second kappa shape index (κ2) is 3.14. The first-order valence-corrected chi connectivity index (χ1v) is 3.68. The van der Waals surface area contributed by atoms with Crippen molar-refractivity contribution < 1.29 is 4.79 Å². The van der Waals surface area contributed by atoms with E-state index in [4.69, 9.17) is 0 Å². The van der Waals surface area contributed by atoms with Gasteiger partial charge in [-0.05, 0) is 12.1 Å². The van der Waals surface area contributed by atoms with E-state index < -0.39 is 0 Å². The van der Waals surface area contributed by atoms with Crippen molar-refractivity contribution in [2.45, 2.75) is 0 Å². The highest BCUT2D eigenvalue weighted by molar-refractivity contribution is 5.71. The molecule has 0 aliphatic heterocycles. The minimum Gasteiger partial charge on any atom is -0.296 e. The fraction of sp³-hybridized carbons (Fsp3) is 0. The Hall–Kier alpha value is -2.04. The zero-order valence-electron chi connectivity index (χ0n) is 6.66. The quantitative estimate of drug-likeness (QED) is 0.621. The Morgan fingerprint density at radius 2 is 2.08 bits per heavy atom. The Morgan fingerprint density at radius 1 is 1.31 bits per heavy atom. The molecule has 2 heterocycles. The lowest BCUT2D eigenvalue weighted by Gasteiger charge is -1.95. The van der Waals surface area contributed by atoms with Gasteiger partial charge in [-0.1, -0.05) is 0 Å². The first-order chi connectivity index (χ1) is 6.40. The van der Waals surface area contributed by atoms with Gasteiger partial charge >= 0.3 is 0 Å². The van der Waals surface area contributed by atoms with Gasteiger partial charge in [0, 0.05) is 18.6 Å². The number of nitrogens with zero attached hydrogens (tertiary/aromatic N) is 4. The number of aromatic nitrogens is 4. The molecule has 64 valence electrons. The summed E-state index contributed by atoms with van der Waals surface area (Å²) < 4.78 is 1.45. The van der Waals surface area contributed by atoms with Crippen LogP contribution in [0, 0.1) is 0 Å². The molecular formula is C8H6N4O. The Bertz CT molecular complexity index is 409. The summed E-state index contributed by atoms with van der Waals surface area (Å²) in [4.78, 5) is 18.3. The highest BCUT2D eigenvalue weighted by Gasteiger charge is 2.00. The monoisotopic (exact) mass is 174 g/mol. The Balaban J connectivity index is 2.41. The lowest BCUT2D eigenvalue weighted by Crippen LogP contribution is -2.00. The number of aldehydes is 1. The van der Waals surface area contributed by atoms with Gasteiger partial charge in [-0.3, -0.25) is 4.79 Å². The zero-order valence-corrected chi connectivity index (χ0v) is 6.66. The Morgan fingerprint density at radius 3 is 2.69 bits per heavy atom. The third kappa shape index (κ3) is 1.44. The summed E-state index contributed by atoms with van der Waals surface area (Å²) in [6.07, 6.45) is 5.55. The maximum Gasteiger partial charge on any atom is 0.250 e. The highest BCUT2D eigenvalue weighted by Crippen LogP contribution is 1.98. The van der Waals surface area contributed by atoms with Crippen molar-refractivity contribution in [3.05, 3.63) is 36.4 Å². The summed E-state index contributed by atoms with van der Waals surface area (Å²) in [5, 5.41) is 3.92. The molecule has 0 fully saturated rings. The van der Waals surface area contributed by atoms with E-state index in [-0.39, 0.29) is 0 Å². The molecule has 0 radical (unpaired) electrons. The molecular weight excluding hydrogens is 168 g/mol. The second-order valence-corrected chi connectivity index (χ2v) is 2.35. The van der Waals surface area contributed by atoms with E-state index in [9.17, 15) is 4.79 Å². The summed E-state index contributed by atoms with van der Waals surface area (Å²) in [5.41, 5.74) is 0.368. The van der Waals surface area contributed by atoms with Crippen LogP contribution in [0.1, 0.15) is 10.5 Å². The van der Waals surface area contributed by atoms with E-state index in [0.717, 1.165) is 0 Å². The number of hydrogen-bond acceptors (Lipinski definition) is 4. The molecule has 0 unspecified atom stereocenters. The predicted octanol–water partition coefficient (Wildman–Crippen LogP) is 0.475. The van der Waals surface area contributed by atoms with Gasteiger partial charge in [0.1, 0.15) is 5.69 Å². The third-order valence-electron chi connectivity index (χ3n) is 1.49. The first kappa shape index (κ1) is 7.60. The van der Waals surface area contributed by atoms with Gasteiger partial charge in [0.25, 0.3) is 0 Å². The van der Waals surface area contributed by atoms with E-state index in [0.29, 0.717) is 17.9 Å². The summed E-state index contributed by atoms with van der Waals surface area (Å²) in [7, 11) is 0. The number of carbonyl (C=O) groups excluding carboxylic acids is 1. The van der Waals surface area contributed by atoms with Crippen LogP contribution in [0.4, 0.5) is 0 Å². The SMILES string of the molecule is O=Cc1ccn(-c2ncccn2)n1. The average molecular weight is 174 g/mol. The lowest BCUT2D eigenvalue weighted by atomic mass is 10.5. The molecule has 0 saturated carbocycles. The molecule has 2 rings (SSSR count). The molecule has 13 heavy (non-hydrogen) atoms. The van der Waals surface area contributed by atoms with Gasteiger partial charge in [0.15, 0.2) is 6.29 Å². The van der Waals surface area contributed by atoms with Gasteiger partial charge in [0.05, 0.1) is 0 Å².